The molecule has 0 radical (unpaired) electrons. The van der Waals surface area contributed by atoms with Crippen LogP contribution in [0.1, 0.15) is 16.7 Å². The first kappa shape index (κ1) is 17.7. The van der Waals surface area contributed by atoms with E-state index >= 15 is 0 Å². The summed E-state index contributed by atoms with van der Waals surface area (Å²) in [4.78, 5) is 11.5. The Morgan fingerprint density at radius 3 is 2.41 bits per heavy atom. The molecule has 132 valence electrons. The molecule has 2 N–H and O–H groups in total. The van der Waals surface area contributed by atoms with Crippen molar-refractivity contribution in [3.05, 3.63) is 75.8 Å². The van der Waals surface area contributed by atoms with Crippen LogP contribution >= 0.6 is 0 Å². The van der Waals surface area contributed by atoms with Crippen molar-refractivity contribution >= 4 is 28.8 Å². The summed E-state index contributed by atoms with van der Waals surface area (Å²) in [5, 5.41) is 18.9. The molecule has 0 unspecified atom stereocenters. The number of nitriles is 1. The second-order valence-corrected chi connectivity index (χ2v) is 5.85. The number of benzene rings is 2. The highest BCUT2D eigenvalue weighted by atomic mass is 15.1. The number of hydrogen-bond donors (Lipinski definition) is 2. The molecule has 8 heteroatoms. The van der Waals surface area contributed by atoms with Crippen LogP contribution in [0.4, 0.5) is 28.8 Å². The van der Waals surface area contributed by atoms with Gasteiger partial charge in [-0.05, 0) is 73.0 Å². The van der Waals surface area contributed by atoms with Gasteiger partial charge in [0.15, 0.2) is 0 Å². The highest BCUT2D eigenvalue weighted by Gasteiger charge is 2.07. The Morgan fingerprint density at radius 2 is 1.78 bits per heavy atom. The van der Waals surface area contributed by atoms with E-state index in [0.717, 1.165) is 22.5 Å². The SMILES string of the molecule is Cc1cc(N=[N+]=[N-])cc(C)c1Nc1ccnc(Nc2ccc(C#N)cc2)n1. The fraction of sp³-hybridized carbons (Fsp3) is 0.105. The van der Waals surface area contributed by atoms with Gasteiger partial charge in [-0.2, -0.15) is 10.2 Å². The molecule has 0 fully saturated rings. The number of aryl methyl sites for hydroxylation is 2. The van der Waals surface area contributed by atoms with E-state index in [1.165, 1.54) is 0 Å². The molecule has 0 aliphatic carbocycles. The number of nitrogens with zero attached hydrogens (tertiary/aromatic N) is 6. The minimum Gasteiger partial charge on any atom is -0.340 e. The van der Waals surface area contributed by atoms with E-state index in [-0.39, 0.29) is 0 Å². The van der Waals surface area contributed by atoms with Crippen LogP contribution in [-0.4, -0.2) is 9.97 Å². The summed E-state index contributed by atoms with van der Waals surface area (Å²) in [5.41, 5.74) is 13.3. The summed E-state index contributed by atoms with van der Waals surface area (Å²) in [6.45, 7) is 3.87. The zero-order chi connectivity index (χ0) is 19.2. The van der Waals surface area contributed by atoms with Crippen molar-refractivity contribution < 1.29 is 0 Å². The van der Waals surface area contributed by atoms with Crippen LogP contribution in [0, 0.1) is 25.2 Å². The van der Waals surface area contributed by atoms with Gasteiger partial charge < -0.3 is 10.6 Å². The lowest BCUT2D eigenvalue weighted by Gasteiger charge is -2.14. The Labute approximate surface area is 156 Å². The monoisotopic (exact) mass is 356 g/mol. The number of hydrogen-bond acceptors (Lipinski definition) is 6. The summed E-state index contributed by atoms with van der Waals surface area (Å²) in [5.74, 6) is 1.06. The van der Waals surface area contributed by atoms with E-state index in [2.05, 4.69) is 36.7 Å². The van der Waals surface area contributed by atoms with Gasteiger partial charge in [0.05, 0.1) is 11.6 Å². The predicted octanol–water partition coefficient (Wildman–Crippen LogP) is 5.39. The third-order valence-corrected chi connectivity index (χ3v) is 3.86. The molecule has 0 amide bonds. The van der Waals surface area contributed by atoms with E-state index in [1.54, 1.807) is 36.5 Å². The molecule has 0 saturated carbocycles. The first-order chi connectivity index (χ1) is 13.1. The summed E-state index contributed by atoms with van der Waals surface area (Å²) >= 11 is 0. The van der Waals surface area contributed by atoms with Crippen molar-refractivity contribution in [3.8, 4) is 6.07 Å². The molecule has 0 aliphatic heterocycles. The third kappa shape index (κ3) is 4.31. The first-order valence-corrected chi connectivity index (χ1v) is 8.12. The fourth-order valence-corrected chi connectivity index (χ4v) is 2.62. The van der Waals surface area contributed by atoms with E-state index in [4.69, 9.17) is 10.8 Å². The van der Waals surface area contributed by atoms with E-state index in [9.17, 15) is 0 Å². The van der Waals surface area contributed by atoms with Crippen LogP contribution < -0.4 is 10.6 Å². The second-order valence-electron chi connectivity index (χ2n) is 5.85. The van der Waals surface area contributed by atoms with Crippen LogP contribution in [0.25, 0.3) is 10.4 Å². The summed E-state index contributed by atoms with van der Waals surface area (Å²) < 4.78 is 0. The molecule has 3 aromatic rings. The van der Waals surface area contributed by atoms with Crippen molar-refractivity contribution in [2.75, 3.05) is 10.6 Å². The Morgan fingerprint density at radius 1 is 1.07 bits per heavy atom. The Bertz CT molecular complexity index is 1040. The molecule has 0 aliphatic rings. The highest BCUT2D eigenvalue weighted by Crippen LogP contribution is 2.29. The van der Waals surface area contributed by atoms with Crippen molar-refractivity contribution in [2.24, 2.45) is 5.11 Å². The van der Waals surface area contributed by atoms with E-state index in [0.29, 0.717) is 23.0 Å². The maximum Gasteiger partial charge on any atom is 0.229 e. The lowest BCUT2D eigenvalue weighted by molar-refractivity contribution is 1.16. The summed E-state index contributed by atoms with van der Waals surface area (Å²) in [7, 11) is 0. The van der Waals surface area contributed by atoms with Crippen LogP contribution in [0.3, 0.4) is 0 Å². The largest absolute Gasteiger partial charge is 0.340 e. The van der Waals surface area contributed by atoms with Gasteiger partial charge in [-0.1, -0.05) is 5.11 Å². The number of aromatic nitrogens is 2. The molecular formula is C19H16N8. The van der Waals surface area contributed by atoms with Gasteiger partial charge in [0.25, 0.3) is 0 Å². The number of anilines is 4. The minimum absolute atomic E-state index is 0.436. The molecule has 0 spiro atoms. The Hall–Kier alpha value is -4.08. The van der Waals surface area contributed by atoms with Gasteiger partial charge in [0.1, 0.15) is 5.82 Å². The maximum absolute atomic E-state index is 8.86. The number of rotatable bonds is 5. The zero-order valence-electron chi connectivity index (χ0n) is 14.8. The highest BCUT2D eigenvalue weighted by molar-refractivity contribution is 5.68. The number of nitrogens with one attached hydrogen (secondary N) is 2. The molecule has 1 aromatic heterocycles. The van der Waals surface area contributed by atoms with Gasteiger partial charge in [-0.15, -0.1) is 0 Å². The van der Waals surface area contributed by atoms with Crippen molar-refractivity contribution in [1.82, 2.24) is 9.97 Å². The lowest BCUT2D eigenvalue weighted by Crippen LogP contribution is -2.02. The average Bonchev–Trinajstić information content (AvgIpc) is 2.66. The van der Waals surface area contributed by atoms with Gasteiger partial charge in [-0.25, -0.2) is 4.98 Å². The summed E-state index contributed by atoms with van der Waals surface area (Å²) in [6, 6.07) is 14.5. The standard InChI is InChI=1S/C19H16N8/c1-12-9-16(26-27-21)10-13(2)18(12)24-17-7-8-22-19(25-17)23-15-5-3-14(11-20)4-6-15/h3-10H,1-2H3,(H2,22,23,24,25). The van der Waals surface area contributed by atoms with Crippen molar-refractivity contribution in [1.29, 1.82) is 5.26 Å². The zero-order valence-corrected chi connectivity index (χ0v) is 14.8. The van der Waals surface area contributed by atoms with Gasteiger partial charge >= 0.3 is 0 Å². The molecule has 8 nitrogen and oxygen atoms in total. The lowest BCUT2D eigenvalue weighted by atomic mass is 10.1. The molecule has 0 saturated heterocycles. The van der Waals surface area contributed by atoms with Crippen LogP contribution in [0.2, 0.25) is 0 Å². The topological polar surface area (TPSA) is 122 Å². The first-order valence-electron chi connectivity index (χ1n) is 8.12. The number of azide groups is 1. The smallest absolute Gasteiger partial charge is 0.229 e. The van der Waals surface area contributed by atoms with Gasteiger partial charge in [0.2, 0.25) is 5.95 Å². The quantitative estimate of drug-likeness (QED) is 0.360. The Balaban J connectivity index is 1.81. The fourth-order valence-electron chi connectivity index (χ4n) is 2.62. The van der Waals surface area contributed by atoms with Gasteiger partial charge in [0, 0.05) is 28.2 Å². The second kappa shape index (κ2) is 7.87. The van der Waals surface area contributed by atoms with Gasteiger partial charge in [-0.3, -0.25) is 0 Å². The van der Waals surface area contributed by atoms with Crippen LogP contribution in [-0.2, 0) is 0 Å². The van der Waals surface area contributed by atoms with Crippen LogP contribution in [0.15, 0.2) is 53.8 Å². The van der Waals surface area contributed by atoms with Crippen LogP contribution in [0.5, 0.6) is 0 Å². The Kier molecular flexibility index (Phi) is 5.17. The molecular weight excluding hydrogens is 340 g/mol. The molecule has 3 rings (SSSR count). The molecule has 0 atom stereocenters. The normalized spacial score (nSPS) is 9.81. The van der Waals surface area contributed by atoms with Crippen molar-refractivity contribution in [3.63, 3.8) is 0 Å². The molecule has 2 aromatic carbocycles. The molecule has 1 heterocycles. The molecule has 0 bridgehead atoms. The maximum atomic E-state index is 8.86. The third-order valence-electron chi connectivity index (χ3n) is 3.86. The average molecular weight is 356 g/mol. The summed E-state index contributed by atoms with van der Waals surface area (Å²) in [6.07, 6.45) is 1.65. The minimum atomic E-state index is 0.436. The van der Waals surface area contributed by atoms with E-state index in [1.807, 2.05) is 26.0 Å². The predicted molar refractivity (Wildman–Crippen MR) is 104 cm³/mol. The van der Waals surface area contributed by atoms with E-state index < -0.39 is 0 Å². The molecule has 27 heavy (non-hydrogen) atoms. The van der Waals surface area contributed by atoms with Crippen molar-refractivity contribution in [2.45, 2.75) is 13.8 Å².